The second-order valence-corrected chi connectivity index (χ2v) is 12.3. The van der Waals surface area contributed by atoms with Crippen LogP contribution in [0.1, 0.15) is 57.2 Å². The lowest BCUT2D eigenvalue weighted by Crippen LogP contribution is -2.44. The third-order valence-electron chi connectivity index (χ3n) is 9.28. The molecule has 1 aromatic heterocycles. The van der Waals surface area contributed by atoms with E-state index in [2.05, 4.69) is 44.9 Å². The van der Waals surface area contributed by atoms with E-state index in [0.717, 1.165) is 36.1 Å². The molecule has 10 heteroatoms. The standard InChI is InChI=1S/C38H46N4O6/c1-7-23(2)35(38(45)39-18-10-19-42-20-17-25-11-8-9-12-31(25)42)41-30-16-14-27-28(22-32(30)44)29(40-24(3)43)15-13-26-21-33(46-4)36(47-5)37(48-6)34(26)27/h8-9,11-12,14,16-17,20-23,29,35H,7,10,13,15,18-19H2,1-6H3,(H,39,45)(H,40,43)(H,41,44)/t23-,29+,35+/m1/s1. The van der Waals surface area contributed by atoms with E-state index in [4.69, 9.17) is 14.2 Å². The third kappa shape index (κ3) is 7.12. The molecular weight excluding hydrogens is 608 g/mol. The molecular formula is C38H46N4O6. The largest absolute Gasteiger partial charge is 0.493 e. The highest BCUT2D eigenvalue weighted by atomic mass is 16.5. The number of nitrogens with zero attached hydrogens (tertiary/aromatic N) is 1. The Morgan fingerprint density at radius 3 is 2.48 bits per heavy atom. The molecule has 0 aliphatic heterocycles. The molecule has 1 heterocycles. The minimum absolute atomic E-state index is 0.0502. The average Bonchev–Trinajstić information content (AvgIpc) is 3.36. The molecule has 1 aliphatic carbocycles. The molecule has 5 rings (SSSR count). The maximum Gasteiger partial charge on any atom is 0.242 e. The normalized spacial score (nSPS) is 14.9. The summed E-state index contributed by atoms with van der Waals surface area (Å²) in [5.41, 5.74) is 4.28. The highest BCUT2D eigenvalue weighted by molar-refractivity contribution is 5.86. The summed E-state index contributed by atoms with van der Waals surface area (Å²) in [6.45, 7) is 6.77. The van der Waals surface area contributed by atoms with Crippen LogP contribution in [-0.4, -0.2) is 50.3 Å². The number of benzene rings is 2. The monoisotopic (exact) mass is 654 g/mol. The summed E-state index contributed by atoms with van der Waals surface area (Å²) in [7, 11) is 4.69. The number of anilines is 1. The van der Waals surface area contributed by atoms with Crippen molar-refractivity contribution in [3.8, 4) is 28.4 Å². The van der Waals surface area contributed by atoms with Crippen LogP contribution in [0, 0.1) is 5.92 Å². The molecule has 0 unspecified atom stereocenters. The lowest BCUT2D eigenvalue weighted by atomic mass is 9.95. The fraction of sp³-hybridized carbons (Fsp3) is 0.395. The molecule has 48 heavy (non-hydrogen) atoms. The van der Waals surface area contributed by atoms with Crippen LogP contribution in [0.2, 0.25) is 0 Å². The van der Waals surface area contributed by atoms with Gasteiger partial charge in [0.05, 0.1) is 33.1 Å². The number of hydrogen-bond donors (Lipinski definition) is 3. The Kier molecular flexibility index (Phi) is 10.9. The smallest absolute Gasteiger partial charge is 0.242 e. The van der Waals surface area contributed by atoms with E-state index in [0.29, 0.717) is 47.9 Å². The van der Waals surface area contributed by atoms with E-state index in [-0.39, 0.29) is 23.2 Å². The number of carbonyl (C=O) groups is 2. The number of aryl methyl sites for hydroxylation is 2. The SMILES string of the molecule is CC[C@@H](C)[C@H](Nc1ccc2c(cc1=O)[C@@H](NC(C)=O)CCc1cc(OC)c(OC)c(OC)c1-2)C(=O)NCCCn1ccc2ccccc21. The van der Waals surface area contributed by atoms with Gasteiger partial charge in [-0.3, -0.25) is 14.4 Å². The Hall–Kier alpha value is -4.99. The molecule has 4 aromatic rings. The molecule has 254 valence electrons. The van der Waals surface area contributed by atoms with Gasteiger partial charge in [-0.05, 0) is 77.6 Å². The Morgan fingerprint density at radius 2 is 1.77 bits per heavy atom. The van der Waals surface area contributed by atoms with Crippen LogP contribution >= 0.6 is 0 Å². The van der Waals surface area contributed by atoms with Crippen molar-refractivity contribution >= 4 is 28.4 Å². The molecule has 1 aliphatic rings. The maximum absolute atomic E-state index is 13.9. The number of amides is 2. The number of ether oxygens (including phenoxy) is 3. The molecule has 10 nitrogen and oxygen atoms in total. The second kappa shape index (κ2) is 15.3. The van der Waals surface area contributed by atoms with E-state index in [1.807, 2.05) is 38.1 Å². The van der Waals surface area contributed by atoms with E-state index in [9.17, 15) is 14.4 Å². The number of methoxy groups -OCH3 is 3. The minimum Gasteiger partial charge on any atom is -0.493 e. The zero-order valence-electron chi connectivity index (χ0n) is 28.6. The quantitative estimate of drug-likeness (QED) is 0.155. The van der Waals surface area contributed by atoms with Crippen LogP contribution in [0.3, 0.4) is 0 Å². The average molecular weight is 655 g/mol. The third-order valence-corrected chi connectivity index (χ3v) is 9.28. The van der Waals surface area contributed by atoms with Crippen LogP contribution in [0.15, 0.2) is 65.6 Å². The summed E-state index contributed by atoms with van der Waals surface area (Å²) in [5.74, 6) is 1.04. The molecule has 0 saturated heterocycles. The summed E-state index contributed by atoms with van der Waals surface area (Å²) >= 11 is 0. The van der Waals surface area contributed by atoms with Gasteiger partial charge >= 0.3 is 0 Å². The summed E-state index contributed by atoms with van der Waals surface area (Å²) < 4.78 is 19.4. The van der Waals surface area contributed by atoms with Gasteiger partial charge in [-0.2, -0.15) is 0 Å². The number of rotatable bonds is 13. The zero-order chi connectivity index (χ0) is 34.4. The Labute approximate surface area is 281 Å². The second-order valence-electron chi connectivity index (χ2n) is 12.3. The van der Waals surface area contributed by atoms with Crippen molar-refractivity contribution in [2.75, 3.05) is 33.2 Å². The van der Waals surface area contributed by atoms with Gasteiger partial charge in [0.15, 0.2) is 11.5 Å². The van der Waals surface area contributed by atoms with Gasteiger partial charge in [-0.25, -0.2) is 0 Å². The van der Waals surface area contributed by atoms with Crippen molar-refractivity contribution in [3.63, 3.8) is 0 Å². The van der Waals surface area contributed by atoms with Crippen molar-refractivity contribution < 1.29 is 23.8 Å². The predicted octanol–water partition coefficient (Wildman–Crippen LogP) is 5.85. The van der Waals surface area contributed by atoms with Crippen molar-refractivity contribution in [2.24, 2.45) is 5.92 Å². The first-order chi connectivity index (χ1) is 23.2. The summed E-state index contributed by atoms with van der Waals surface area (Å²) in [5, 5.41) is 10.6. The maximum atomic E-state index is 13.9. The van der Waals surface area contributed by atoms with Gasteiger partial charge < -0.3 is 34.7 Å². The van der Waals surface area contributed by atoms with Crippen LogP contribution in [0.25, 0.3) is 22.0 Å². The Balaban J connectivity index is 1.45. The van der Waals surface area contributed by atoms with Crippen molar-refractivity contribution in [2.45, 2.75) is 65.1 Å². The highest BCUT2D eigenvalue weighted by Gasteiger charge is 2.30. The van der Waals surface area contributed by atoms with Crippen LogP contribution in [0.5, 0.6) is 17.2 Å². The van der Waals surface area contributed by atoms with Crippen LogP contribution in [0.4, 0.5) is 5.69 Å². The van der Waals surface area contributed by atoms with Crippen molar-refractivity contribution in [3.05, 3.63) is 82.1 Å². The molecule has 3 atom stereocenters. The number of nitrogens with one attached hydrogen (secondary N) is 3. The molecule has 0 bridgehead atoms. The number of fused-ring (bicyclic) bond motifs is 4. The molecule has 0 spiro atoms. The van der Waals surface area contributed by atoms with Gasteiger partial charge in [0.1, 0.15) is 6.04 Å². The van der Waals surface area contributed by atoms with Gasteiger partial charge in [-0.1, -0.05) is 44.5 Å². The number of carbonyl (C=O) groups excluding carboxylic acids is 2. The van der Waals surface area contributed by atoms with Crippen LogP contribution < -0.4 is 35.6 Å². The molecule has 0 saturated carbocycles. The number of aromatic nitrogens is 1. The lowest BCUT2D eigenvalue weighted by Gasteiger charge is -2.24. The Morgan fingerprint density at radius 1 is 1.00 bits per heavy atom. The van der Waals surface area contributed by atoms with Gasteiger partial charge in [0.2, 0.25) is 23.0 Å². The van der Waals surface area contributed by atoms with Crippen LogP contribution in [-0.2, 0) is 22.6 Å². The summed E-state index contributed by atoms with van der Waals surface area (Å²) in [4.78, 5) is 39.8. The highest BCUT2D eigenvalue weighted by Crippen LogP contribution is 2.50. The first kappa shape index (κ1) is 34.3. The lowest BCUT2D eigenvalue weighted by molar-refractivity contribution is -0.123. The zero-order valence-corrected chi connectivity index (χ0v) is 28.6. The molecule has 3 aromatic carbocycles. The van der Waals surface area contributed by atoms with Crippen molar-refractivity contribution in [1.29, 1.82) is 0 Å². The Bertz CT molecular complexity index is 1850. The minimum atomic E-state index is -0.630. The van der Waals surface area contributed by atoms with E-state index in [1.54, 1.807) is 33.5 Å². The topological polar surface area (TPSA) is 120 Å². The van der Waals surface area contributed by atoms with Gasteiger partial charge in [-0.15, -0.1) is 0 Å². The van der Waals surface area contributed by atoms with E-state index < -0.39 is 12.1 Å². The van der Waals surface area contributed by atoms with E-state index >= 15 is 0 Å². The molecule has 0 radical (unpaired) electrons. The van der Waals surface area contributed by atoms with E-state index in [1.165, 1.54) is 17.8 Å². The first-order valence-electron chi connectivity index (χ1n) is 16.6. The summed E-state index contributed by atoms with van der Waals surface area (Å²) in [6.07, 6.45) is 4.73. The number of para-hydroxylation sites is 1. The van der Waals surface area contributed by atoms with Gasteiger partial charge in [0.25, 0.3) is 0 Å². The fourth-order valence-electron chi connectivity index (χ4n) is 6.60. The van der Waals surface area contributed by atoms with Gasteiger partial charge in [0, 0.05) is 37.3 Å². The predicted molar refractivity (Wildman–Crippen MR) is 189 cm³/mol. The summed E-state index contributed by atoms with van der Waals surface area (Å²) in [6, 6.07) is 16.3. The fourth-order valence-corrected chi connectivity index (χ4v) is 6.60. The molecule has 2 amide bonds. The molecule has 3 N–H and O–H groups in total. The number of hydrogen-bond acceptors (Lipinski definition) is 7. The first-order valence-corrected chi connectivity index (χ1v) is 16.6. The molecule has 0 fully saturated rings. The van der Waals surface area contributed by atoms with Crippen molar-refractivity contribution in [1.82, 2.24) is 15.2 Å².